The number of benzene rings is 6. The average Bonchev–Trinajstić information content (AvgIpc) is 3.66. The summed E-state index contributed by atoms with van der Waals surface area (Å²) in [6.07, 6.45) is 9.02. The Kier molecular flexibility index (Phi) is 22.2. The molecule has 0 aliphatic carbocycles. The Morgan fingerprint density at radius 1 is 0.585 bits per heavy atom. The number of ether oxygens (including phenoxy) is 4. The topological polar surface area (TPSA) is 177 Å². The van der Waals surface area contributed by atoms with Gasteiger partial charge in [-0.2, -0.15) is 10.5 Å². The third-order valence-electron chi connectivity index (χ3n) is 14.0. The molecule has 8 rings (SSSR count). The van der Waals surface area contributed by atoms with E-state index in [0.717, 1.165) is 68.3 Å². The van der Waals surface area contributed by atoms with E-state index in [2.05, 4.69) is 123 Å². The van der Waals surface area contributed by atoms with Gasteiger partial charge in [0.1, 0.15) is 67.3 Å². The van der Waals surface area contributed by atoms with Crippen molar-refractivity contribution in [2.75, 3.05) is 0 Å². The Bertz CT molecular complexity index is 3410. The lowest BCUT2D eigenvalue weighted by atomic mass is 9.90. The molecule has 2 heterocycles. The number of halogens is 4. The van der Waals surface area contributed by atoms with Gasteiger partial charge in [-0.15, -0.1) is 0 Å². The van der Waals surface area contributed by atoms with Crippen molar-refractivity contribution in [1.29, 1.82) is 10.5 Å². The summed E-state index contributed by atoms with van der Waals surface area (Å²) in [4.78, 5) is 32.9. The van der Waals surface area contributed by atoms with E-state index >= 15 is 0 Å². The van der Waals surface area contributed by atoms with E-state index in [1.165, 1.54) is 12.4 Å². The lowest BCUT2D eigenvalue weighted by molar-refractivity contribution is -0.138. The van der Waals surface area contributed by atoms with Crippen LogP contribution in [0.2, 0.25) is 10.0 Å². The highest BCUT2D eigenvalue weighted by Gasteiger charge is 2.21. The Hall–Kier alpha value is -7.06. The van der Waals surface area contributed by atoms with Crippen LogP contribution in [-0.2, 0) is 61.8 Å². The number of carbonyl (C=O) groups excluding carboxylic acids is 1. The van der Waals surface area contributed by atoms with E-state index in [1.807, 2.05) is 60.7 Å². The van der Waals surface area contributed by atoms with Gasteiger partial charge in [0.25, 0.3) is 0 Å². The second-order valence-electron chi connectivity index (χ2n) is 20.1. The third-order valence-corrected chi connectivity index (χ3v) is 16.1. The number of carboxylic acids is 1. The van der Waals surface area contributed by atoms with Crippen LogP contribution in [0.1, 0.15) is 92.9 Å². The molecule has 0 aliphatic heterocycles. The maximum Gasteiger partial charge on any atom is 0.303 e. The van der Waals surface area contributed by atoms with Crippen molar-refractivity contribution in [3.8, 4) is 46.3 Å². The molecule has 82 heavy (non-hydrogen) atoms. The fraction of sp³-hybridized carbons (Fsp3) is 0.242. The van der Waals surface area contributed by atoms with Crippen molar-refractivity contribution in [3.05, 3.63) is 230 Å². The fourth-order valence-electron chi connectivity index (χ4n) is 9.69. The van der Waals surface area contributed by atoms with Crippen LogP contribution in [-0.4, -0.2) is 32.9 Å². The number of rotatable bonds is 27. The molecule has 6 aromatic carbocycles. The number of Topliss-reactive ketones (excluding diaryl/α,β-unsaturated/α-hetero) is 1. The Labute approximate surface area is 516 Å². The normalized spacial score (nSPS) is 11.7. The number of carbonyl (C=O) groups is 2. The molecule has 0 unspecified atom stereocenters. The predicted octanol–water partition coefficient (Wildman–Crippen LogP) is 15.3. The molecule has 0 bridgehead atoms. The van der Waals surface area contributed by atoms with Gasteiger partial charge in [-0.05, 0) is 196 Å². The van der Waals surface area contributed by atoms with Gasteiger partial charge < -0.3 is 29.4 Å². The van der Waals surface area contributed by atoms with Crippen LogP contribution in [0, 0.1) is 49.6 Å². The molecule has 8 aromatic rings. The van der Waals surface area contributed by atoms with E-state index in [9.17, 15) is 25.2 Å². The van der Waals surface area contributed by atoms with Crippen LogP contribution in [0.5, 0.6) is 23.0 Å². The molecule has 0 saturated heterocycles. The Morgan fingerprint density at radius 3 is 1.55 bits per heavy atom. The van der Waals surface area contributed by atoms with Crippen LogP contribution in [0.25, 0.3) is 11.1 Å². The summed E-state index contributed by atoms with van der Waals surface area (Å²) in [5.41, 5.74) is 12.0. The van der Waals surface area contributed by atoms with Crippen LogP contribution in [0.3, 0.4) is 0 Å². The van der Waals surface area contributed by atoms with Gasteiger partial charge in [-0.3, -0.25) is 19.6 Å². The summed E-state index contributed by atoms with van der Waals surface area (Å²) in [6.45, 7) is 6.77. The van der Waals surface area contributed by atoms with Gasteiger partial charge in [0.2, 0.25) is 0 Å². The molecule has 2 atom stereocenters. The van der Waals surface area contributed by atoms with E-state index in [0.29, 0.717) is 88.4 Å². The number of carboxylic acid groups (broad SMARTS) is 1. The molecule has 418 valence electrons. The maximum atomic E-state index is 12.4. The quantitative estimate of drug-likeness (QED) is 0.0467. The molecule has 0 radical (unpaired) electrons. The van der Waals surface area contributed by atoms with Gasteiger partial charge in [0, 0.05) is 86.2 Å². The molecule has 16 heteroatoms. The zero-order valence-corrected chi connectivity index (χ0v) is 51.3. The molecule has 0 spiro atoms. The average molecular weight is 1360 g/mol. The smallest absolute Gasteiger partial charge is 0.303 e. The van der Waals surface area contributed by atoms with Gasteiger partial charge in [-0.1, -0.05) is 83.9 Å². The highest BCUT2D eigenvalue weighted by molar-refractivity contribution is 14.1. The number of nitriles is 2. The predicted molar refractivity (Wildman–Crippen MR) is 335 cm³/mol. The minimum atomic E-state index is -0.855. The standard InChI is InChI=1S/C66H59Cl2I2N5O7/c1-41(76)20-57(24-45-13-18-56(70)19-14-45)75-36-54-27-61(68)65(29-63(54)80-38-50-23-48(31-72)33-74-35-50)82-40-53-7-5-9-59(43(53)3)58-8-4-6-52(42(58)2)39-81-64-28-62(79-37-49-22-47(30-71)32-73-34-49)51(26-60(64)67)15-10-46(25-66(77)78)21-44-11-16-55(69)17-12-44/h4-9,11-14,16-19,22-23,26-29,32-35,46,57,75H,10,15,20-21,24-25,36-40H2,1-3H3,(H,77,78)/t46-,57+/m0/s1. The van der Waals surface area contributed by atoms with Crippen molar-refractivity contribution in [2.45, 2.75) is 98.3 Å². The third kappa shape index (κ3) is 17.5. The summed E-state index contributed by atoms with van der Waals surface area (Å²) in [6, 6.07) is 43.5. The van der Waals surface area contributed by atoms with Crippen molar-refractivity contribution in [3.63, 3.8) is 0 Å². The zero-order chi connectivity index (χ0) is 58.1. The first-order chi connectivity index (χ1) is 39.6. The first kappa shape index (κ1) is 61.0. The van der Waals surface area contributed by atoms with Crippen LogP contribution < -0.4 is 24.3 Å². The summed E-state index contributed by atoms with van der Waals surface area (Å²) >= 11 is 18.6. The SMILES string of the molecule is CC(=O)C[C@H](Cc1ccc(I)cc1)NCc1cc(Cl)c(OCc2cccc(-c3cccc(COc4cc(OCc5cncc(C#N)c5)c(CC[C@H](CC(=O)O)Cc5ccc(I)cc5)cc4Cl)c3C)c2C)cc1OCc1cncc(C#N)c1. The van der Waals surface area contributed by atoms with Gasteiger partial charge in [-0.25, -0.2) is 0 Å². The highest BCUT2D eigenvalue weighted by atomic mass is 127. The van der Waals surface area contributed by atoms with Crippen LogP contribution >= 0.6 is 68.4 Å². The largest absolute Gasteiger partial charge is 0.488 e. The zero-order valence-electron chi connectivity index (χ0n) is 45.5. The highest BCUT2D eigenvalue weighted by Crippen LogP contribution is 2.38. The molecule has 0 amide bonds. The summed E-state index contributed by atoms with van der Waals surface area (Å²) in [7, 11) is 0. The maximum absolute atomic E-state index is 12.4. The molecule has 0 aliphatic rings. The number of nitrogens with one attached hydrogen (secondary N) is 1. The Morgan fingerprint density at radius 2 is 1.06 bits per heavy atom. The number of hydrogen-bond acceptors (Lipinski definition) is 11. The number of aryl methyl sites for hydroxylation is 1. The molecule has 12 nitrogen and oxygen atoms in total. The number of nitrogens with zero attached hydrogens (tertiary/aromatic N) is 4. The lowest BCUT2D eigenvalue weighted by Crippen LogP contribution is -2.32. The number of hydrogen-bond donors (Lipinski definition) is 2. The fourth-order valence-corrected chi connectivity index (χ4v) is 10.9. The van der Waals surface area contributed by atoms with E-state index < -0.39 is 5.97 Å². The minimum absolute atomic E-state index is 0.0162. The number of aliphatic carboxylic acids is 1. The number of aromatic nitrogens is 2. The van der Waals surface area contributed by atoms with Crippen molar-refractivity contribution in [2.24, 2.45) is 5.92 Å². The van der Waals surface area contributed by atoms with E-state index in [1.54, 1.807) is 43.6 Å². The van der Waals surface area contributed by atoms with E-state index in [-0.39, 0.29) is 50.6 Å². The molecule has 2 aromatic heterocycles. The van der Waals surface area contributed by atoms with Gasteiger partial charge in [0.15, 0.2) is 0 Å². The minimum Gasteiger partial charge on any atom is -0.488 e. The van der Waals surface area contributed by atoms with Crippen molar-refractivity contribution < 1.29 is 33.6 Å². The second-order valence-corrected chi connectivity index (χ2v) is 23.5. The van der Waals surface area contributed by atoms with Crippen molar-refractivity contribution in [1.82, 2.24) is 15.3 Å². The monoisotopic (exact) mass is 1360 g/mol. The molecular weight excluding hydrogens is 1300 g/mol. The Balaban J connectivity index is 0.995. The molecule has 0 saturated carbocycles. The van der Waals surface area contributed by atoms with Crippen LogP contribution in [0.15, 0.2) is 146 Å². The van der Waals surface area contributed by atoms with Gasteiger partial charge >= 0.3 is 5.97 Å². The first-order valence-corrected chi connectivity index (χ1v) is 29.5. The van der Waals surface area contributed by atoms with Gasteiger partial charge in [0.05, 0.1) is 21.2 Å². The number of pyridine rings is 2. The van der Waals surface area contributed by atoms with Crippen molar-refractivity contribution >= 4 is 80.1 Å². The second kappa shape index (κ2) is 29.8. The summed E-state index contributed by atoms with van der Waals surface area (Å²) in [5.74, 6) is 0.994. The lowest BCUT2D eigenvalue weighted by Gasteiger charge is -2.21. The van der Waals surface area contributed by atoms with E-state index in [4.69, 9.17) is 42.1 Å². The summed E-state index contributed by atoms with van der Waals surface area (Å²) in [5, 5.41) is 33.3. The molecule has 2 N–H and O–H groups in total. The molecule has 0 fully saturated rings. The molecular formula is C66H59Cl2I2N5O7. The summed E-state index contributed by atoms with van der Waals surface area (Å²) < 4.78 is 28.2. The van der Waals surface area contributed by atoms with Crippen LogP contribution in [0.4, 0.5) is 0 Å². The first-order valence-electron chi connectivity index (χ1n) is 26.6. The number of ketones is 1.